The van der Waals surface area contributed by atoms with Gasteiger partial charge in [0.25, 0.3) is 0 Å². The van der Waals surface area contributed by atoms with Gasteiger partial charge in [0.15, 0.2) is 17.4 Å². The van der Waals surface area contributed by atoms with E-state index < -0.39 is 72.8 Å². The smallest absolute Gasteiger partial charge is 0.308 e. The Balaban J connectivity index is 0.655. The molecule has 19 nitrogen and oxygen atoms in total. The third-order valence-electron chi connectivity index (χ3n) is 21.9. The number of hydrogen-bond donors (Lipinski definition) is 3. The summed E-state index contributed by atoms with van der Waals surface area (Å²) in [4.78, 5) is 14.6. The zero-order valence-electron chi connectivity index (χ0n) is 46.5. The second-order valence-electron chi connectivity index (χ2n) is 27.5. The summed E-state index contributed by atoms with van der Waals surface area (Å²) in [6.45, 7) is 17.4. The number of carbonyl (C=O) groups is 1. The van der Waals surface area contributed by atoms with Gasteiger partial charge >= 0.3 is 5.97 Å². The highest BCUT2D eigenvalue weighted by atomic mass is 16.8. The van der Waals surface area contributed by atoms with Gasteiger partial charge in [-0.3, -0.25) is 4.79 Å². The molecule has 19 heteroatoms. The van der Waals surface area contributed by atoms with E-state index in [2.05, 4.69) is 40.9 Å². The van der Waals surface area contributed by atoms with E-state index in [9.17, 15) is 20.1 Å². The SMILES string of the molecule is C=C1C[C@@H]2CC[C@@]34C[C@@H]5O[C@@H]6C(O[C@H]7CC[C@H](CC(=O)O[C@H]8C(CC9OC(CCC1O2)C[C@@H](C)C9=C)O[C@H]1C[C@H]2O[C@@]9(C[C@@H]%10O[C@]%11(C[C@H](C)[C@@H]%12O[C@H]([C@@H](O)C[C@@H](O)CO)C[C@@H]%12O%11)C[C@H](C)[C@@H]%10O9)C[C@H]2O[C@H]1[C@@H]8C)O[C@@H]7[C@@H]6O3)[C@H]5O4. The number of carbonyl (C=O) groups excluding carboxylic acids is 1. The third-order valence-corrected chi connectivity index (χ3v) is 21.9. The Morgan fingerprint density at radius 3 is 2.03 bits per heavy atom. The van der Waals surface area contributed by atoms with Crippen LogP contribution in [0, 0.1) is 23.7 Å². The van der Waals surface area contributed by atoms with Crippen LogP contribution < -0.4 is 0 Å². The first-order valence-electron chi connectivity index (χ1n) is 30.8. The zero-order valence-corrected chi connectivity index (χ0v) is 46.5. The van der Waals surface area contributed by atoms with Crippen LogP contribution in [-0.2, 0) is 75.8 Å². The van der Waals surface area contributed by atoms with Crippen molar-refractivity contribution in [3.8, 4) is 0 Å². The molecule has 440 valence electrons. The molecule has 0 radical (unpaired) electrons. The van der Waals surface area contributed by atoms with Crippen LogP contribution in [0.2, 0.25) is 0 Å². The predicted molar refractivity (Wildman–Crippen MR) is 274 cm³/mol. The molecule has 16 saturated heterocycles. The molecule has 12 bridgehead atoms. The van der Waals surface area contributed by atoms with Crippen molar-refractivity contribution >= 4 is 5.97 Å². The van der Waals surface area contributed by atoms with E-state index >= 15 is 0 Å². The summed E-state index contributed by atoms with van der Waals surface area (Å²) in [5, 5.41) is 30.3. The van der Waals surface area contributed by atoms with E-state index in [1.54, 1.807) is 0 Å². The monoisotopic (exact) mass is 1110 g/mol. The van der Waals surface area contributed by atoms with Gasteiger partial charge in [0.05, 0.1) is 129 Å². The van der Waals surface area contributed by atoms with Crippen molar-refractivity contribution in [2.24, 2.45) is 23.7 Å². The van der Waals surface area contributed by atoms with Gasteiger partial charge in [0.1, 0.15) is 36.6 Å². The molecule has 0 amide bonds. The van der Waals surface area contributed by atoms with Gasteiger partial charge in [-0.05, 0) is 73.8 Å². The Morgan fingerprint density at radius 2 is 1.18 bits per heavy atom. The number of fused-ring (bicyclic) bond motifs is 10. The zero-order chi connectivity index (χ0) is 54.0. The lowest BCUT2D eigenvalue weighted by atomic mass is 9.79. The summed E-state index contributed by atoms with van der Waals surface area (Å²) < 4.78 is 104. The molecule has 16 fully saturated rings. The highest BCUT2D eigenvalue weighted by Gasteiger charge is 2.70. The van der Waals surface area contributed by atoms with Gasteiger partial charge in [0.2, 0.25) is 0 Å². The Morgan fingerprint density at radius 1 is 0.506 bits per heavy atom. The fourth-order valence-corrected chi connectivity index (χ4v) is 18.2. The second-order valence-corrected chi connectivity index (χ2v) is 27.5. The molecule has 79 heavy (non-hydrogen) atoms. The second kappa shape index (κ2) is 20.2. The van der Waals surface area contributed by atoms with Crippen LogP contribution in [0.3, 0.4) is 0 Å². The minimum atomic E-state index is -1.02. The van der Waals surface area contributed by atoms with E-state index in [-0.39, 0.29) is 146 Å². The molecular weight excluding hydrogens is 1020 g/mol. The Labute approximate surface area is 463 Å². The van der Waals surface area contributed by atoms with Crippen LogP contribution in [-0.4, -0.2) is 198 Å². The predicted octanol–water partition coefficient (Wildman–Crippen LogP) is 4.93. The Hall–Kier alpha value is -1.73. The van der Waals surface area contributed by atoms with Crippen LogP contribution in [0.15, 0.2) is 24.3 Å². The molecule has 16 rings (SSSR count). The van der Waals surface area contributed by atoms with Gasteiger partial charge < -0.3 is 86.4 Å². The number of aliphatic hydroxyl groups is 3. The van der Waals surface area contributed by atoms with Crippen molar-refractivity contribution in [2.75, 3.05) is 6.61 Å². The standard InChI is InChI=1S/C60H86O19/c1-26-13-33-7-9-37-27(2)14-35(65-37)11-12-58-23-46-54(78-58)55-56(72-46)57(79-58)53-38(69-55)10-8-34(67-53)16-48(64)73-52-31(6)51-43(68-42(52)17-39(66-33)30(26)5)19-41-45(71-51)22-60(74-41)24-47-50(77-60)29(4)21-59(76-47)20-28(3)49-44(75-59)18-40(70-49)36(63)15-32(62)25-61/h26,28-29,31-47,49-57,61-63H,2,5,7-25H2,1,3-4,6H3/t26-,28+,29+,31+,32-,33?,34-,35+,36+,37?,38+,39?,40+,41-,42?,43+,44+,45-,46+,47+,49+,50+,51+,52-,53+,54+,55?,56-,57+,58+,59-,60+/m1/s1. The van der Waals surface area contributed by atoms with Gasteiger partial charge in [-0.15, -0.1) is 0 Å². The quantitative estimate of drug-likeness (QED) is 0.251. The Kier molecular flexibility index (Phi) is 13.8. The summed E-state index contributed by atoms with van der Waals surface area (Å²) in [5.74, 6) is -2.77. The fourth-order valence-electron chi connectivity index (χ4n) is 18.2. The summed E-state index contributed by atoms with van der Waals surface area (Å²) in [7, 11) is 0. The lowest BCUT2D eigenvalue weighted by Gasteiger charge is -2.50. The highest BCUT2D eigenvalue weighted by Crippen LogP contribution is 2.58. The van der Waals surface area contributed by atoms with Crippen LogP contribution in [0.5, 0.6) is 0 Å². The largest absolute Gasteiger partial charge is 0.459 e. The minimum absolute atomic E-state index is 0.0143. The molecule has 0 aliphatic carbocycles. The van der Waals surface area contributed by atoms with Crippen molar-refractivity contribution < 1.29 is 91.2 Å². The Bertz CT molecular complexity index is 2340. The molecule has 0 aromatic carbocycles. The van der Waals surface area contributed by atoms with Gasteiger partial charge in [-0.1, -0.05) is 40.9 Å². The normalized spacial score (nSPS) is 57.2. The highest BCUT2D eigenvalue weighted by molar-refractivity contribution is 5.70. The maximum absolute atomic E-state index is 14.6. The molecule has 16 aliphatic heterocycles. The third kappa shape index (κ3) is 9.43. The molecule has 0 aromatic heterocycles. The average molecular weight is 1110 g/mol. The molecule has 16 aliphatic rings. The summed E-state index contributed by atoms with van der Waals surface area (Å²) >= 11 is 0. The number of aliphatic hydroxyl groups excluding tert-OH is 3. The van der Waals surface area contributed by atoms with Gasteiger partial charge in [-0.2, -0.15) is 0 Å². The van der Waals surface area contributed by atoms with Crippen molar-refractivity contribution in [1.29, 1.82) is 0 Å². The first kappa shape index (κ1) is 54.0. The van der Waals surface area contributed by atoms with Crippen LogP contribution in [0.1, 0.15) is 143 Å². The van der Waals surface area contributed by atoms with Crippen LogP contribution in [0.4, 0.5) is 0 Å². The lowest BCUT2D eigenvalue weighted by Crippen LogP contribution is -2.62. The fraction of sp³-hybridized carbons (Fsp3) is 0.917. The minimum Gasteiger partial charge on any atom is -0.459 e. The first-order chi connectivity index (χ1) is 38.0. The lowest BCUT2D eigenvalue weighted by molar-refractivity contribution is -0.347. The van der Waals surface area contributed by atoms with E-state index in [0.29, 0.717) is 64.2 Å². The van der Waals surface area contributed by atoms with E-state index in [1.165, 1.54) is 0 Å². The van der Waals surface area contributed by atoms with E-state index in [4.69, 9.17) is 71.1 Å². The van der Waals surface area contributed by atoms with Crippen LogP contribution in [0.25, 0.3) is 0 Å². The summed E-state index contributed by atoms with van der Waals surface area (Å²) in [5.41, 5.74) is 2.15. The van der Waals surface area contributed by atoms with Gasteiger partial charge in [-0.25, -0.2) is 0 Å². The molecule has 0 aromatic rings. The molecule has 16 heterocycles. The van der Waals surface area contributed by atoms with E-state index in [0.717, 1.165) is 49.7 Å². The van der Waals surface area contributed by atoms with Crippen molar-refractivity contribution in [3.05, 3.63) is 24.3 Å². The molecule has 3 N–H and O–H groups in total. The number of hydrogen-bond acceptors (Lipinski definition) is 19. The van der Waals surface area contributed by atoms with E-state index in [1.807, 2.05) is 0 Å². The topological polar surface area (TPSA) is 216 Å². The van der Waals surface area contributed by atoms with Gasteiger partial charge in [0, 0.05) is 70.1 Å². The number of esters is 1. The van der Waals surface area contributed by atoms with Crippen molar-refractivity contribution in [1.82, 2.24) is 0 Å². The average Bonchev–Trinajstić information content (AvgIpc) is 4.46. The summed E-state index contributed by atoms with van der Waals surface area (Å²) in [6, 6.07) is 0. The van der Waals surface area contributed by atoms with Crippen molar-refractivity contribution in [2.45, 2.75) is 313 Å². The molecule has 5 unspecified atom stereocenters. The molecule has 0 saturated carbocycles. The van der Waals surface area contributed by atoms with Crippen molar-refractivity contribution in [3.63, 3.8) is 0 Å². The number of rotatable bonds is 4. The maximum atomic E-state index is 14.6. The molecular formula is C60H86O19. The first-order valence-corrected chi connectivity index (χ1v) is 30.8. The molecule has 3 spiro atoms. The van der Waals surface area contributed by atoms with Crippen LogP contribution >= 0.6 is 0 Å². The summed E-state index contributed by atoms with van der Waals surface area (Å²) in [6.07, 6.45) is 2.17. The molecule has 32 atom stereocenters. The number of ether oxygens (including phenoxy) is 15. The maximum Gasteiger partial charge on any atom is 0.308 e.